The first-order valence-electron chi connectivity index (χ1n) is 7.10. The quantitative estimate of drug-likeness (QED) is 0.484. The molecular weight excluding hydrogens is 297 g/mol. The molecule has 116 valence electrons. The lowest BCUT2D eigenvalue weighted by Gasteiger charge is -2.06. The zero-order chi connectivity index (χ0) is 15.8. The van der Waals surface area contributed by atoms with Crippen molar-refractivity contribution in [2.24, 2.45) is 10.7 Å². The average molecular weight is 317 g/mol. The Labute approximate surface area is 134 Å². The average Bonchev–Trinajstić information content (AvgIpc) is 2.51. The van der Waals surface area contributed by atoms with E-state index in [1.165, 1.54) is 11.6 Å². The maximum Gasteiger partial charge on any atom is 0.193 e. The first-order chi connectivity index (χ1) is 10.6. The van der Waals surface area contributed by atoms with Crippen molar-refractivity contribution < 1.29 is 4.39 Å². The van der Waals surface area contributed by atoms with Gasteiger partial charge in [0.1, 0.15) is 5.82 Å². The first-order valence-corrected chi connectivity index (χ1v) is 8.25. The molecule has 0 amide bonds. The standard InChI is InChI=1S/C17H20FN3S/c1-13-6-8-15(9-7-13)21-17(19)20-10-11-22-12-14-4-2-3-5-16(14)18/h2-9H,10-12H2,1H3,(H3,19,20,21). The van der Waals surface area contributed by atoms with E-state index in [0.29, 0.717) is 18.3 Å². The third-order valence-corrected chi connectivity index (χ3v) is 4.04. The monoisotopic (exact) mass is 317 g/mol. The van der Waals surface area contributed by atoms with Crippen molar-refractivity contribution in [2.45, 2.75) is 12.7 Å². The smallest absolute Gasteiger partial charge is 0.193 e. The number of nitrogens with two attached hydrogens (primary N) is 1. The van der Waals surface area contributed by atoms with Gasteiger partial charge in [-0.2, -0.15) is 11.8 Å². The lowest BCUT2D eigenvalue weighted by molar-refractivity contribution is 0.617. The van der Waals surface area contributed by atoms with Crippen molar-refractivity contribution in [1.29, 1.82) is 0 Å². The molecule has 0 atom stereocenters. The molecule has 3 N–H and O–H groups in total. The largest absolute Gasteiger partial charge is 0.370 e. The first kappa shape index (κ1) is 16.4. The summed E-state index contributed by atoms with van der Waals surface area (Å²) in [5.41, 5.74) is 8.68. The van der Waals surface area contributed by atoms with Crippen LogP contribution in [0.5, 0.6) is 0 Å². The number of nitrogens with one attached hydrogen (secondary N) is 1. The zero-order valence-electron chi connectivity index (χ0n) is 12.6. The van der Waals surface area contributed by atoms with Gasteiger partial charge in [0.2, 0.25) is 0 Å². The number of aryl methyl sites for hydroxylation is 1. The van der Waals surface area contributed by atoms with Crippen LogP contribution in [-0.2, 0) is 5.75 Å². The number of aliphatic imine (C=N–C) groups is 1. The Morgan fingerprint density at radius 2 is 1.91 bits per heavy atom. The Balaban J connectivity index is 1.71. The molecule has 0 radical (unpaired) electrons. The van der Waals surface area contributed by atoms with Gasteiger partial charge in [0, 0.05) is 17.2 Å². The fourth-order valence-electron chi connectivity index (χ4n) is 1.85. The van der Waals surface area contributed by atoms with Crippen LogP contribution < -0.4 is 11.1 Å². The zero-order valence-corrected chi connectivity index (χ0v) is 13.4. The molecule has 0 aliphatic rings. The number of nitrogens with zero attached hydrogens (tertiary/aromatic N) is 1. The molecule has 0 unspecified atom stereocenters. The van der Waals surface area contributed by atoms with Crippen molar-refractivity contribution in [1.82, 2.24) is 0 Å². The molecule has 0 spiro atoms. The van der Waals surface area contributed by atoms with Gasteiger partial charge in [-0.05, 0) is 30.7 Å². The van der Waals surface area contributed by atoms with E-state index in [4.69, 9.17) is 5.73 Å². The van der Waals surface area contributed by atoms with E-state index in [0.717, 1.165) is 17.0 Å². The van der Waals surface area contributed by atoms with Crippen LogP contribution in [0.3, 0.4) is 0 Å². The van der Waals surface area contributed by atoms with Crippen molar-refractivity contribution in [3.8, 4) is 0 Å². The van der Waals surface area contributed by atoms with Gasteiger partial charge in [-0.1, -0.05) is 35.9 Å². The van der Waals surface area contributed by atoms with Crippen molar-refractivity contribution >= 4 is 23.4 Å². The Morgan fingerprint density at radius 1 is 1.18 bits per heavy atom. The molecule has 0 aliphatic heterocycles. The van der Waals surface area contributed by atoms with Gasteiger partial charge in [0.15, 0.2) is 5.96 Å². The number of anilines is 1. The van der Waals surface area contributed by atoms with E-state index in [2.05, 4.69) is 10.3 Å². The molecular formula is C17H20FN3S. The molecule has 0 saturated carbocycles. The molecule has 0 fully saturated rings. The minimum Gasteiger partial charge on any atom is -0.370 e. The second-order valence-electron chi connectivity index (χ2n) is 4.90. The van der Waals surface area contributed by atoms with Gasteiger partial charge < -0.3 is 11.1 Å². The molecule has 0 saturated heterocycles. The minimum atomic E-state index is -0.154. The summed E-state index contributed by atoms with van der Waals surface area (Å²) in [4.78, 5) is 4.26. The fraction of sp³-hybridized carbons (Fsp3) is 0.235. The number of halogens is 1. The van der Waals surface area contributed by atoms with Crippen molar-refractivity contribution in [3.05, 3.63) is 65.5 Å². The van der Waals surface area contributed by atoms with Gasteiger partial charge >= 0.3 is 0 Å². The molecule has 0 bridgehead atoms. The highest BCUT2D eigenvalue weighted by Gasteiger charge is 2.00. The van der Waals surface area contributed by atoms with E-state index in [1.54, 1.807) is 23.9 Å². The molecule has 3 nitrogen and oxygen atoms in total. The summed E-state index contributed by atoms with van der Waals surface area (Å²) in [7, 11) is 0. The summed E-state index contributed by atoms with van der Waals surface area (Å²) in [6.45, 7) is 2.64. The van der Waals surface area contributed by atoms with E-state index < -0.39 is 0 Å². The van der Waals surface area contributed by atoms with Gasteiger partial charge in [0.25, 0.3) is 0 Å². The van der Waals surface area contributed by atoms with Crippen LogP contribution in [-0.4, -0.2) is 18.3 Å². The van der Waals surface area contributed by atoms with Crippen LogP contribution in [0.15, 0.2) is 53.5 Å². The molecule has 2 aromatic rings. The second-order valence-corrected chi connectivity index (χ2v) is 6.01. The van der Waals surface area contributed by atoms with Gasteiger partial charge in [-0.3, -0.25) is 4.99 Å². The van der Waals surface area contributed by atoms with Crippen LogP contribution in [0, 0.1) is 12.7 Å². The molecule has 0 aliphatic carbocycles. The van der Waals surface area contributed by atoms with Crippen LogP contribution in [0.1, 0.15) is 11.1 Å². The number of benzene rings is 2. The number of rotatable bonds is 6. The molecule has 2 rings (SSSR count). The Morgan fingerprint density at radius 3 is 2.64 bits per heavy atom. The van der Waals surface area contributed by atoms with Gasteiger partial charge in [-0.15, -0.1) is 0 Å². The van der Waals surface area contributed by atoms with Gasteiger partial charge in [-0.25, -0.2) is 4.39 Å². The van der Waals surface area contributed by atoms with E-state index in [-0.39, 0.29) is 5.82 Å². The summed E-state index contributed by atoms with van der Waals surface area (Å²) in [6.07, 6.45) is 0. The molecule has 2 aromatic carbocycles. The normalized spacial score (nSPS) is 11.5. The Kier molecular flexibility index (Phi) is 6.27. The van der Waals surface area contributed by atoms with E-state index >= 15 is 0 Å². The third kappa shape index (κ3) is 5.41. The number of guanidine groups is 1. The van der Waals surface area contributed by atoms with Crippen molar-refractivity contribution in [2.75, 3.05) is 17.6 Å². The lowest BCUT2D eigenvalue weighted by atomic mass is 10.2. The van der Waals surface area contributed by atoms with Gasteiger partial charge in [0.05, 0.1) is 6.54 Å². The number of hydrogen-bond donors (Lipinski definition) is 2. The van der Waals surface area contributed by atoms with E-state index in [1.807, 2.05) is 37.3 Å². The lowest BCUT2D eigenvalue weighted by Crippen LogP contribution is -2.23. The van der Waals surface area contributed by atoms with Crippen LogP contribution in [0.4, 0.5) is 10.1 Å². The molecule has 22 heavy (non-hydrogen) atoms. The predicted molar refractivity (Wildman–Crippen MR) is 93.9 cm³/mol. The number of thioether (sulfide) groups is 1. The summed E-state index contributed by atoms with van der Waals surface area (Å²) in [6, 6.07) is 14.8. The van der Waals surface area contributed by atoms with Crippen LogP contribution >= 0.6 is 11.8 Å². The Hall–Kier alpha value is -2.01. The topological polar surface area (TPSA) is 50.4 Å². The Bertz CT molecular complexity index is 626. The highest BCUT2D eigenvalue weighted by atomic mass is 32.2. The molecule has 0 heterocycles. The summed E-state index contributed by atoms with van der Waals surface area (Å²) < 4.78 is 13.4. The summed E-state index contributed by atoms with van der Waals surface area (Å²) in [5.74, 6) is 1.69. The summed E-state index contributed by atoms with van der Waals surface area (Å²) >= 11 is 1.64. The second kappa shape index (κ2) is 8.44. The SMILES string of the molecule is Cc1ccc(NC(N)=NCCSCc2ccccc2F)cc1. The van der Waals surface area contributed by atoms with Crippen LogP contribution in [0.2, 0.25) is 0 Å². The molecule has 5 heteroatoms. The number of hydrogen-bond acceptors (Lipinski definition) is 2. The fourth-order valence-corrected chi connectivity index (χ4v) is 2.67. The van der Waals surface area contributed by atoms with Crippen LogP contribution in [0.25, 0.3) is 0 Å². The maximum absolute atomic E-state index is 13.4. The molecule has 0 aromatic heterocycles. The third-order valence-electron chi connectivity index (χ3n) is 3.06. The highest BCUT2D eigenvalue weighted by Crippen LogP contribution is 2.15. The van der Waals surface area contributed by atoms with Crippen molar-refractivity contribution in [3.63, 3.8) is 0 Å². The van der Waals surface area contributed by atoms with E-state index in [9.17, 15) is 4.39 Å². The predicted octanol–water partition coefficient (Wildman–Crippen LogP) is 3.79. The maximum atomic E-state index is 13.4. The minimum absolute atomic E-state index is 0.154. The summed E-state index contributed by atoms with van der Waals surface area (Å²) in [5, 5.41) is 3.05. The highest BCUT2D eigenvalue weighted by molar-refractivity contribution is 7.98.